The van der Waals surface area contributed by atoms with Crippen LogP contribution in [-0.2, 0) is 11.3 Å². The van der Waals surface area contributed by atoms with E-state index in [1.807, 2.05) is 65.5 Å². The van der Waals surface area contributed by atoms with E-state index < -0.39 is 0 Å². The number of methoxy groups -OCH3 is 1. The van der Waals surface area contributed by atoms with Gasteiger partial charge in [-0.25, -0.2) is 0 Å². The van der Waals surface area contributed by atoms with Gasteiger partial charge in [0.05, 0.1) is 7.11 Å². The number of nitrogens with zero attached hydrogens (tertiary/aromatic N) is 1. The lowest BCUT2D eigenvalue weighted by Gasteiger charge is -2.06. The fraction of sp³-hybridized carbons (Fsp3) is 0.100. The van der Waals surface area contributed by atoms with E-state index in [9.17, 15) is 4.79 Å². The van der Waals surface area contributed by atoms with Crippen molar-refractivity contribution < 1.29 is 14.1 Å². The zero-order chi connectivity index (χ0) is 16.8. The quantitative estimate of drug-likeness (QED) is 0.733. The van der Waals surface area contributed by atoms with Gasteiger partial charge in [-0.1, -0.05) is 36.4 Å². The summed E-state index contributed by atoms with van der Waals surface area (Å²) >= 11 is 0. The Balaban J connectivity index is 1.70. The number of aromatic nitrogens is 1. The molecule has 0 aliphatic rings. The first-order valence-electron chi connectivity index (χ1n) is 7.73. The largest absolute Gasteiger partial charge is 0.497 e. The molecular formula is C20H19N2O2+. The molecular weight excluding hydrogens is 300 g/mol. The van der Waals surface area contributed by atoms with Gasteiger partial charge in [0.1, 0.15) is 5.75 Å². The van der Waals surface area contributed by atoms with Crippen molar-refractivity contribution in [1.29, 1.82) is 0 Å². The van der Waals surface area contributed by atoms with Crippen molar-refractivity contribution in [3.05, 3.63) is 79.1 Å². The van der Waals surface area contributed by atoms with Gasteiger partial charge in [-0.2, -0.15) is 4.57 Å². The van der Waals surface area contributed by atoms with Crippen molar-refractivity contribution >= 4 is 11.6 Å². The number of hydrogen-bond acceptors (Lipinski definition) is 2. The Morgan fingerprint density at radius 3 is 2.58 bits per heavy atom. The number of anilines is 1. The minimum Gasteiger partial charge on any atom is -0.497 e. The topological polar surface area (TPSA) is 42.2 Å². The van der Waals surface area contributed by atoms with Gasteiger partial charge in [-0.05, 0) is 23.8 Å². The van der Waals surface area contributed by atoms with Crippen molar-refractivity contribution in [3.8, 4) is 16.9 Å². The number of hydrogen-bond donors (Lipinski definition) is 1. The normalized spacial score (nSPS) is 10.2. The molecule has 24 heavy (non-hydrogen) atoms. The summed E-state index contributed by atoms with van der Waals surface area (Å²) in [4.78, 5) is 12.3. The first-order chi connectivity index (χ1) is 11.7. The van der Waals surface area contributed by atoms with Gasteiger partial charge in [0.15, 0.2) is 12.4 Å². The summed E-state index contributed by atoms with van der Waals surface area (Å²) in [6.45, 7) is 0.248. The molecule has 3 aromatic rings. The predicted molar refractivity (Wildman–Crippen MR) is 93.7 cm³/mol. The highest BCUT2D eigenvalue weighted by atomic mass is 16.5. The third-order valence-corrected chi connectivity index (χ3v) is 3.65. The van der Waals surface area contributed by atoms with Crippen LogP contribution in [0, 0.1) is 0 Å². The Bertz CT molecular complexity index is 832. The smallest absolute Gasteiger partial charge is 0.290 e. The Labute approximate surface area is 141 Å². The highest BCUT2D eigenvalue weighted by molar-refractivity contribution is 5.89. The molecule has 0 aliphatic carbocycles. The zero-order valence-corrected chi connectivity index (χ0v) is 13.5. The standard InChI is InChI=1S/C20H18N2O2/c1-24-19-11-5-10-18(13-19)21-20(23)15-22-12-6-9-17(14-22)16-7-3-2-4-8-16/h2-14H,15H2,1H3/p+1. The van der Waals surface area contributed by atoms with Crippen LogP contribution in [0.1, 0.15) is 0 Å². The van der Waals surface area contributed by atoms with E-state index in [0.29, 0.717) is 5.75 Å². The highest BCUT2D eigenvalue weighted by Gasteiger charge is 2.11. The van der Waals surface area contributed by atoms with E-state index >= 15 is 0 Å². The molecule has 3 rings (SSSR count). The molecule has 0 spiro atoms. The molecule has 1 N–H and O–H groups in total. The maximum atomic E-state index is 12.3. The Morgan fingerprint density at radius 1 is 1.00 bits per heavy atom. The van der Waals surface area contributed by atoms with E-state index in [2.05, 4.69) is 17.4 Å². The number of amides is 1. The van der Waals surface area contributed by atoms with Gasteiger partial charge < -0.3 is 10.1 Å². The van der Waals surface area contributed by atoms with Crippen molar-refractivity contribution in [3.63, 3.8) is 0 Å². The molecule has 0 atom stereocenters. The van der Waals surface area contributed by atoms with Crippen LogP contribution < -0.4 is 14.6 Å². The molecule has 1 aromatic heterocycles. The van der Waals surface area contributed by atoms with Crippen LogP contribution in [0.5, 0.6) is 5.75 Å². The van der Waals surface area contributed by atoms with Crippen molar-refractivity contribution in [2.75, 3.05) is 12.4 Å². The van der Waals surface area contributed by atoms with Crippen LogP contribution in [0.25, 0.3) is 11.1 Å². The molecule has 1 heterocycles. The van der Waals surface area contributed by atoms with E-state index in [1.54, 1.807) is 13.2 Å². The SMILES string of the molecule is COc1cccc(NC(=O)C[n+]2cccc(-c3ccccc3)c2)c1. The number of carbonyl (C=O) groups is 1. The fourth-order valence-corrected chi connectivity index (χ4v) is 2.49. The third-order valence-electron chi connectivity index (χ3n) is 3.65. The zero-order valence-electron chi connectivity index (χ0n) is 13.5. The van der Waals surface area contributed by atoms with Gasteiger partial charge in [0.2, 0.25) is 6.54 Å². The number of ether oxygens (including phenoxy) is 1. The Morgan fingerprint density at radius 2 is 1.79 bits per heavy atom. The molecule has 2 aromatic carbocycles. The van der Waals surface area contributed by atoms with E-state index in [-0.39, 0.29) is 12.5 Å². The maximum absolute atomic E-state index is 12.3. The summed E-state index contributed by atoms with van der Waals surface area (Å²) in [5.41, 5.74) is 2.92. The molecule has 120 valence electrons. The van der Waals surface area contributed by atoms with Gasteiger partial charge in [-0.3, -0.25) is 4.79 Å². The third kappa shape index (κ3) is 3.98. The summed E-state index contributed by atoms with van der Waals surface area (Å²) in [5.74, 6) is 0.630. The predicted octanol–water partition coefficient (Wildman–Crippen LogP) is 3.29. The van der Waals surface area contributed by atoms with Crippen LogP contribution >= 0.6 is 0 Å². The minimum absolute atomic E-state index is 0.0848. The molecule has 0 radical (unpaired) electrons. The molecule has 4 heteroatoms. The van der Waals surface area contributed by atoms with Gasteiger partial charge >= 0.3 is 0 Å². The van der Waals surface area contributed by atoms with Crippen LogP contribution in [-0.4, -0.2) is 13.0 Å². The second-order valence-electron chi connectivity index (χ2n) is 5.41. The van der Waals surface area contributed by atoms with Gasteiger partial charge in [0, 0.05) is 23.4 Å². The average molecular weight is 319 g/mol. The molecule has 1 amide bonds. The molecule has 0 aliphatic heterocycles. The van der Waals surface area contributed by atoms with Crippen LogP contribution in [0.15, 0.2) is 79.1 Å². The first kappa shape index (κ1) is 15.7. The fourth-order valence-electron chi connectivity index (χ4n) is 2.49. The summed E-state index contributed by atoms with van der Waals surface area (Å²) in [6.07, 6.45) is 3.86. The molecule has 0 saturated carbocycles. The van der Waals surface area contributed by atoms with Crippen molar-refractivity contribution in [1.82, 2.24) is 0 Å². The lowest BCUT2D eigenvalue weighted by Crippen LogP contribution is -2.39. The maximum Gasteiger partial charge on any atom is 0.290 e. The highest BCUT2D eigenvalue weighted by Crippen LogP contribution is 2.17. The van der Waals surface area contributed by atoms with E-state index in [0.717, 1.165) is 16.8 Å². The molecule has 0 unspecified atom stereocenters. The van der Waals surface area contributed by atoms with Crippen molar-refractivity contribution in [2.24, 2.45) is 0 Å². The van der Waals surface area contributed by atoms with E-state index in [4.69, 9.17) is 4.74 Å². The summed E-state index contributed by atoms with van der Waals surface area (Å²) in [6, 6.07) is 21.4. The van der Waals surface area contributed by atoms with Crippen LogP contribution in [0.4, 0.5) is 5.69 Å². The monoisotopic (exact) mass is 319 g/mol. The lowest BCUT2D eigenvalue weighted by molar-refractivity contribution is -0.683. The van der Waals surface area contributed by atoms with Crippen LogP contribution in [0.2, 0.25) is 0 Å². The molecule has 0 fully saturated rings. The molecule has 0 saturated heterocycles. The van der Waals surface area contributed by atoms with Gasteiger partial charge in [0.25, 0.3) is 5.91 Å². The number of carbonyl (C=O) groups excluding carboxylic acids is 1. The van der Waals surface area contributed by atoms with Gasteiger partial charge in [-0.15, -0.1) is 0 Å². The summed E-state index contributed by atoms with van der Waals surface area (Å²) < 4.78 is 7.04. The summed E-state index contributed by atoms with van der Waals surface area (Å²) in [7, 11) is 1.60. The lowest BCUT2D eigenvalue weighted by atomic mass is 10.1. The number of benzene rings is 2. The second kappa shape index (κ2) is 7.42. The van der Waals surface area contributed by atoms with E-state index in [1.165, 1.54) is 0 Å². The number of nitrogens with one attached hydrogen (secondary N) is 1. The molecule has 4 nitrogen and oxygen atoms in total. The Kier molecular flexibility index (Phi) is 4.87. The Hall–Kier alpha value is -3.14. The number of pyridine rings is 1. The summed E-state index contributed by atoms with van der Waals surface area (Å²) in [5, 5.41) is 2.88. The van der Waals surface area contributed by atoms with Crippen LogP contribution in [0.3, 0.4) is 0 Å². The first-order valence-corrected chi connectivity index (χ1v) is 7.73. The second-order valence-corrected chi connectivity index (χ2v) is 5.41. The minimum atomic E-state index is -0.0848. The molecule has 0 bridgehead atoms. The van der Waals surface area contributed by atoms with Crippen molar-refractivity contribution in [2.45, 2.75) is 6.54 Å². The average Bonchev–Trinajstić information content (AvgIpc) is 2.63. The number of rotatable bonds is 5.